The quantitative estimate of drug-likeness (QED) is 0.840. The van der Waals surface area contributed by atoms with Gasteiger partial charge in [0.1, 0.15) is 0 Å². The first-order chi connectivity index (χ1) is 11.7. The van der Waals surface area contributed by atoms with Gasteiger partial charge in [-0.2, -0.15) is 0 Å². The molecule has 130 valence electrons. The fraction of sp³-hybridized carbons (Fsp3) is 0.632. The molecule has 0 bridgehead atoms. The molecule has 2 fully saturated rings. The van der Waals surface area contributed by atoms with Crippen molar-refractivity contribution in [2.75, 3.05) is 37.6 Å². The Kier molecular flexibility index (Phi) is 4.79. The van der Waals surface area contributed by atoms with Crippen molar-refractivity contribution >= 4 is 23.2 Å². The van der Waals surface area contributed by atoms with Crippen LogP contribution in [0.2, 0.25) is 5.02 Å². The van der Waals surface area contributed by atoms with Crippen LogP contribution in [-0.4, -0.2) is 54.5 Å². The third kappa shape index (κ3) is 3.32. The predicted molar refractivity (Wildman–Crippen MR) is 97.5 cm³/mol. The van der Waals surface area contributed by atoms with Gasteiger partial charge in [-0.05, 0) is 69.1 Å². The summed E-state index contributed by atoms with van der Waals surface area (Å²) in [6.45, 7) is 6.06. The molecule has 3 aliphatic rings. The molecule has 1 unspecified atom stereocenters. The molecule has 0 aromatic heterocycles. The molecule has 1 amide bonds. The number of carbonyl (C=O) groups is 1. The minimum absolute atomic E-state index is 0.263. The van der Waals surface area contributed by atoms with Crippen molar-refractivity contribution in [3.05, 3.63) is 28.8 Å². The van der Waals surface area contributed by atoms with Crippen LogP contribution >= 0.6 is 11.6 Å². The van der Waals surface area contributed by atoms with Crippen LogP contribution in [0.4, 0.5) is 5.69 Å². The minimum Gasteiger partial charge on any atom is -0.310 e. The van der Waals surface area contributed by atoms with E-state index in [1.807, 2.05) is 23.1 Å². The van der Waals surface area contributed by atoms with Crippen LogP contribution in [-0.2, 0) is 11.3 Å². The largest absolute Gasteiger partial charge is 0.310 e. The van der Waals surface area contributed by atoms with Gasteiger partial charge in [0.15, 0.2) is 0 Å². The van der Waals surface area contributed by atoms with E-state index in [-0.39, 0.29) is 5.91 Å². The topological polar surface area (TPSA) is 26.8 Å². The summed E-state index contributed by atoms with van der Waals surface area (Å²) in [5.74, 6) is 0.263. The van der Waals surface area contributed by atoms with Gasteiger partial charge in [-0.25, -0.2) is 0 Å². The number of anilines is 1. The summed E-state index contributed by atoms with van der Waals surface area (Å²) in [6, 6.07) is 6.48. The fourth-order valence-electron chi connectivity index (χ4n) is 4.41. The van der Waals surface area contributed by atoms with E-state index < -0.39 is 0 Å². The Morgan fingerprint density at radius 3 is 2.83 bits per heavy atom. The molecule has 1 atom stereocenters. The summed E-state index contributed by atoms with van der Waals surface area (Å²) in [7, 11) is 0. The monoisotopic (exact) mass is 347 g/mol. The van der Waals surface area contributed by atoms with Crippen molar-refractivity contribution in [2.24, 2.45) is 0 Å². The molecule has 24 heavy (non-hydrogen) atoms. The Morgan fingerprint density at radius 2 is 2.00 bits per heavy atom. The number of nitrogens with zero attached hydrogens (tertiary/aromatic N) is 3. The first-order valence-corrected chi connectivity index (χ1v) is 9.64. The molecule has 1 aromatic carbocycles. The Bertz CT molecular complexity index is 615. The molecular weight excluding hydrogens is 322 g/mol. The van der Waals surface area contributed by atoms with Gasteiger partial charge < -0.3 is 9.80 Å². The van der Waals surface area contributed by atoms with E-state index in [1.54, 1.807) is 0 Å². The second-order valence-corrected chi connectivity index (χ2v) is 7.78. The van der Waals surface area contributed by atoms with E-state index in [0.29, 0.717) is 12.5 Å². The van der Waals surface area contributed by atoms with E-state index >= 15 is 0 Å². The van der Waals surface area contributed by atoms with E-state index in [1.165, 1.54) is 31.2 Å². The highest BCUT2D eigenvalue weighted by atomic mass is 35.5. The summed E-state index contributed by atoms with van der Waals surface area (Å²) < 4.78 is 0. The third-order valence-corrected chi connectivity index (χ3v) is 5.97. The molecular formula is C19H26ClN3O. The lowest BCUT2D eigenvalue weighted by Gasteiger charge is -2.27. The first kappa shape index (κ1) is 16.4. The maximum atomic E-state index is 13.0. The number of amides is 1. The molecule has 3 heterocycles. The maximum absolute atomic E-state index is 13.0. The van der Waals surface area contributed by atoms with Crippen molar-refractivity contribution in [1.82, 2.24) is 9.80 Å². The molecule has 4 nitrogen and oxygen atoms in total. The zero-order valence-electron chi connectivity index (χ0n) is 14.2. The summed E-state index contributed by atoms with van der Waals surface area (Å²) in [6.07, 6.45) is 5.59. The van der Waals surface area contributed by atoms with Crippen molar-refractivity contribution < 1.29 is 4.79 Å². The zero-order valence-corrected chi connectivity index (χ0v) is 15.0. The standard InChI is InChI=1S/C19H26ClN3O/c20-16-5-6-18-15(12-16)13-22-10-3-4-17(22)14-23(18)19(24)7-11-21-8-1-2-9-21/h5-6,12,17H,1-4,7-11,13-14H2. The fourth-order valence-corrected chi connectivity index (χ4v) is 4.61. The summed E-state index contributed by atoms with van der Waals surface area (Å²) in [5.41, 5.74) is 2.27. The van der Waals surface area contributed by atoms with Gasteiger partial charge in [0.25, 0.3) is 0 Å². The van der Waals surface area contributed by atoms with E-state index in [2.05, 4.69) is 9.80 Å². The number of hydrogen-bond acceptors (Lipinski definition) is 3. The molecule has 1 aromatic rings. The Balaban J connectivity index is 1.54. The molecule has 4 rings (SSSR count). The highest BCUT2D eigenvalue weighted by Gasteiger charge is 2.33. The molecule has 2 saturated heterocycles. The number of benzene rings is 1. The first-order valence-electron chi connectivity index (χ1n) is 9.26. The average molecular weight is 348 g/mol. The summed E-state index contributed by atoms with van der Waals surface area (Å²) in [5, 5.41) is 0.760. The molecule has 0 radical (unpaired) electrons. The molecule has 0 aliphatic carbocycles. The second kappa shape index (κ2) is 7.03. The number of carbonyl (C=O) groups excluding carboxylic acids is 1. The third-order valence-electron chi connectivity index (χ3n) is 5.74. The van der Waals surface area contributed by atoms with Crippen molar-refractivity contribution in [1.29, 1.82) is 0 Å². The van der Waals surface area contributed by atoms with Gasteiger partial charge in [0.05, 0.1) is 0 Å². The number of rotatable bonds is 3. The van der Waals surface area contributed by atoms with E-state index in [0.717, 1.165) is 50.0 Å². The highest BCUT2D eigenvalue weighted by Crippen LogP contribution is 2.33. The Morgan fingerprint density at radius 1 is 1.17 bits per heavy atom. The number of fused-ring (bicyclic) bond motifs is 2. The maximum Gasteiger partial charge on any atom is 0.228 e. The molecule has 5 heteroatoms. The smallest absolute Gasteiger partial charge is 0.228 e. The SMILES string of the molecule is O=C(CCN1CCCC1)N1CC2CCCN2Cc2cc(Cl)ccc21. The lowest BCUT2D eigenvalue weighted by atomic mass is 10.1. The van der Waals surface area contributed by atoms with Gasteiger partial charge in [-0.15, -0.1) is 0 Å². The summed E-state index contributed by atoms with van der Waals surface area (Å²) in [4.78, 5) is 20.0. The van der Waals surface area contributed by atoms with Crippen LogP contribution < -0.4 is 4.90 Å². The normalized spacial score (nSPS) is 24.7. The van der Waals surface area contributed by atoms with Crippen LogP contribution in [0.25, 0.3) is 0 Å². The van der Waals surface area contributed by atoms with Crippen LogP contribution in [0.3, 0.4) is 0 Å². The average Bonchev–Trinajstić information content (AvgIpc) is 3.21. The van der Waals surface area contributed by atoms with Crippen LogP contribution in [0, 0.1) is 0 Å². The predicted octanol–water partition coefficient (Wildman–Crippen LogP) is 3.14. The van der Waals surface area contributed by atoms with Crippen LogP contribution in [0.1, 0.15) is 37.7 Å². The zero-order chi connectivity index (χ0) is 16.5. The lowest BCUT2D eigenvalue weighted by molar-refractivity contribution is -0.119. The molecule has 0 spiro atoms. The Hall–Kier alpha value is -1.10. The van der Waals surface area contributed by atoms with Gasteiger partial charge in [-0.1, -0.05) is 11.6 Å². The number of likely N-dealkylation sites (tertiary alicyclic amines) is 1. The van der Waals surface area contributed by atoms with Gasteiger partial charge in [0, 0.05) is 42.8 Å². The highest BCUT2D eigenvalue weighted by molar-refractivity contribution is 6.30. The Labute approximate surface area is 149 Å². The molecule has 0 saturated carbocycles. The van der Waals surface area contributed by atoms with Crippen molar-refractivity contribution in [3.8, 4) is 0 Å². The molecule has 3 aliphatic heterocycles. The summed E-state index contributed by atoms with van der Waals surface area (Å²) >= 11 is 6.22. The number of hydrogen-bond donors (Lipinski definition) is 0. The van der Waals surface area contributed by atoms with Gasteiger partial charge in [-0.3, -0.25) is 9.69 Å². The second-order valence-electron chi connectivity index (χ2n) is 7.34. The number of halogens is 1. The van der Waals surface area contributed by atoms with Gasteiger partial charge >= 0.3 is 0 Å². The van der Waals surface area contributed by atoms with E-state index in [4.69, 9.17) is 11.6 Å². The minimum atomic E-state index is 0.263. The van der Waals surface area contributed by atoms with Gasteiger partial charge in [0.2, 0.25) is 5.91 Å². The lowest BCUT2D eigenvalue weighted by Crippen LogP contribution is -2.41. The van der Waals surface area contributed by atoms with Crippen LogP contribution in [0.15, 0.2) is 18.2 Å². The van der Waals surface area contributed by atoms with Crippen LogP contribution in [0.5, 0.6) is 0 Å². The van der Waals surface area contributed by atoms with E-state index in [9.17, 15) is 4.79 Å². The van der Waals surface area contributed by atoms with Crippen molar-refractivity contribution in [3.63, 3.8) is 0 Å². The van der Waals surface area contributed by atoms with Crippen molar-refractivity contribution in [2.45, 2.75) is 44.7 Å². The molecule has 0 N–H and O–H groups in total.